The van der Waals surface area contributed by atoms with Crippen molar-refractivity contribution in [3.63, 3.8) is 0 Å². The van der Waals surface area contributed by atoms with Crippen LogP contribution < -0.4 is 16.4 Å². The highest BCUT2D eigenvalue weighted by Crippen LogP contribution is 2.20. The normalized spacial score (nSPS) is 15.8. The number of rotatable bonds is 11. The molecular formula is C27H33N5O7. The average Bonchev–Trinajstić information content (AvgIpc) is 3.45. The van der Waals surface area contributed by atoms with Gasteiger partial charge in [-0.2, -0.15) is 0 Å². The lowest BCUT2D eigenvalue weighted by atomic mass is 10.0. The molecule has 2 aromatic carbocycles. The largest absolute Gasteiger partial charge is 0.463 e. The number of benzene rings is 2. The monoisotopic (exact) mass is 539 g/mol. The van der Waals surface area contributed by atoms with Crippen LogP contribution in [0.25, 0.3) is 0 Å². The van der Waals surface area contributed by atoms with E-state index in [1.54, 1.807) is 31.2 Å². The van der Waals surface area contributed by atoms with Crippen LogP contribution in [0.4, 0.5) is 4.79 Å². The Balaban J connectivity index is 1.65. The van der Waals surface area contributed by atoms with Crippen LogP contribution in [0, 0.1) is 0 Å². The molecule has 0 radical (unpaired) electrons. The summed E-state index contributed by atoms with van der Waals surface area (Å²) in [6.07, 6.45) is 0.341. The van der Waals surface area contributed by atoms with Gasteiger partial charge in [0.15, 0.2) is 12.4 Å². The SMILES string of the molecule is CCOC(=O)COC(=O)N[C@H](Cc1ccccc1)C(=O)N1CCC[C@H]1C(=O)NCc1ccc(C(N)=NO)cc1. The Morgan fingerprint density at radius 2 is 1.79 bits per heavy atom. The second-order valence-corrected chi connectivity index (χ2v) is 8.86. The summed E-state index contributed by atoms with van der Waals surface area (Å²) in [4.78, 5) is 52.1. The van der Waals surface area contributed by atoms with Gasteiger partial charge in [0.25, 0.3) is 0 Å². The number of alkyl carbamates (subject to hydrolysis) is 1. The third-order valence-electron chi connectivity index (χ3n) is 6.16. The Labute approximate surface area is 226 Å². The number of esters is 1. The number of nitrogens with one attached hydrogen (secondary N) is 2. The number of amidine groups is 1. The lowest BCUT2D eigenvalue weighted by molar-refractivity contribution is -0.146. The van der Waals surface area contributed by atoms with Crippen LogP contribution in [-0.4, -0.2) is 71.7 Å². The molecule has 39 heavy (non-hydrogen) atoms. The number of hydrogen-bond donors (Lipinski definition) is 4. The van der Waals surface area contributed by atoms with Gasteiger partial charge in [-0.25, -0.2) is 9.59 Å². The van der Waals surface area contributed by atoms with Gasteiger partial charge < -0.3 is 35.9 Å². The minimum atomic E-state index is -1.01. The maximum atomic E-state index is 13.6. The van der Waals surface area contributed by atoms with Gasteiger partial charge in [-0.05, 0) is 30.9 Å². The predicted molar refractivity (Wildman–Crippen MR) is 141 cm³/mol. The number of amides is 3. The highest BCUT2D eigenvalue weighted by molar-refractivity contribution is 5.97. The zero-order valence-electron chi connectivity index (χ0n) is 21.7. The molecule has 0 saturated carbocycles. The van der Waals surface area contributed by atoms with E-state index in [0.29, 0.717) is 24.9 Å². The second kappa shape index (κ2) is 14.4. The number of nitrogens with two attached hydrogens (primary N) is 1. The van der Waals surface area contributed by atoms with E-state index >= 15 is 0 Å². The number of nitrogens with zero attached hydrogens (tertiary/aromatic N) is 2. The van der Waals surface area contributed by atoms with Gasteiger partial charge in [0.05, 0.1) is 6.61 Å². The number of carbonyl (C=O) groups excluding carboxylic acids is 4. The zero-order chi connectivity index (χ0) is 28.2. The summed E-state index contributed by atoms with van der Waals surface area (Å²) in [5.74, 6) is -1.46. The van der Waals surface area contributed by atoms with E-state index in [4.69, 9.17) is 20.4 Å². The van der Waals surface area contributed by atoms with Crippen molar-refractivity contribution in [2.45, 2.75) is 44.8 Å². The van der Waals surface area contributed by atoms with Crippen LogP contribution in [0.2, 0.25) is 0 Å². The van der Waals surface area contributed by atoms with Crippen molar-refractivity contribution in [3.8, 4) is 0 Å². The molecule has 2 atom stereocenters. The van der Waals surface area contributed by atoms with Crippen LogP contribution in [-0.2, 0) is 36.8 Å². The van der Waals surface area contributed by atoms with Gasteiger partial charge in [0, 0.05) is 25.1 Å². The van der Waals surface area contributed by atoms with Crippen molar-refractivity contribution >= 4 is 29.7 Å². The average molecular weight is 540 g/mol. The molecule has 1 fully saturated rings. The molecule has 208 valence electrons. The van der Waals surface area contributed by atoms with Gasteiger partial charge in [-0.3, -0.25) is 9.59 Å². The molecule has 12 heteroatoms. The molecule has 2 aromatic rings. The first kappa shape index (κ1) is 29.0. The molecule has 12 nitrogen and oxygen atoms in total. The quantitative estimate of drug-likeness (QED) is 0.109. The third kappa shape index (κ3) is 8.45. The number of ether oxygens (including phenoxy) is 2. The standard InChI is InChI=1S/C27H33N5O7/c1-2-38-23(33)17-39-27(36)30-21(15-18-7-4-3-5-8-18)26(35)32-14-6-9-22(32)25(34)29-16-19-10-12-20(13-11-19)24(28)31-37/h3-5,7-8,10-13,21-22,37H,2,6,9,14-17H2,1H3,(H2,28,31)(H,29,34)(H,30,36)/t21-,22+/m1/s1. The Hall–Kier alpha value is -4.61. The van der Waals surface area contributed by atoms with Gasteiger partial charge in [0.1, 0.15) is 12.1 Å². The smallest absolute Gasteiger partial charge is 0.408 e. The molecule has 0 aromatic heterocycles. The fourth-order valence-corrected chi connectivity index (χ4v) is 4.22. The third-order valence-corrected chi connectivity index (χ3v) is 6.16. The van der Waals surface area contributed by atoms with Crippen LogP contribution >= 0.6 is 0 Å². The van der Waals surface area contributed by atoms with Crippen molar-refractivity contribution in [1.29, 1.82) is 0 Å². The molecule has 5 N–H and O–H groups in total. The van der Waals surface area contributed by atoms with Gasteiger partial charge >= 0.3 is 12.1 Å². The van der Waals surface area contributed by atoms with E-state index in [1.165, 1.54) is 4.90 Å². The van der Waals surface area contributed by atoms with E-state index in [2.05, 4.69) is 15.8 Å². The van der Waals surface area contributed by atoms with E-state index in [1.807, 2.05) is 30.3 Å². The number of oxime groups is 1. The zero-order valence-corrected chi connectivity index (χ0v) is 21.7. The Morgan fingerprint density at radius 3 is 2.46 bits per heavy atom. The minimum Gasteiger partial charge on any atom is -0.463 e. The van der Waals surface area contributed by atoms with Crippen LogP contribution in [0.5, 0.6) is 0 Å². The molecule has 3 rings (SSSR count). The van der Waals surface area contributed by atoms with Crippen molar-refractivity contribution in [1.82, 2.24) is 15.5 Å². The van der Waals surface area contributed by atoms with Crippen molar-refractivity contribution in [3.05, 3.63) is 71.3 Å². The molecule has 3 amide bonds. The molecule has 0 unspecified atom stereocenters. The molecule has 0 bridgehead atoms. The molecule has 1 saturated heterocycles. The lowest BCUT2D eigenvalue weighted by Gasteiger charge is -2.28. The van der Waals surface area contributed by atoms with Crippen LogP contribution in [0.15, 0.2) is 59.8 Å². The summed E-state index contributed by atoms with van der Waals surface area (Å²) >= 11 is 0. The highest BCUT2D eigenvalue weighted by atomic mass is 16.6. The van der Waals surface area contributed by atoms with Crippen molar-refractivity contribution < 1.29 is 33.9 Å². The summed E-state index contributed by atoms with van der Waals surface area (Å²) in [5.41, 5.74) is 7.71. The first-order valence-corrected chi connectivity index (χ1v) is 12.6. The predicted octanol–water partition coefficient (Wildman–Crippen LogP) is 1.29. The summed E-state index contributed by atoms with van der Waals surface area (Å²) < 4.78 is 9.68. The van der Waals surface area contributed by atoms with E-state index in [9.17, 15) is 19.2 Å². The van der Waals surface area contributed by atoms with Crippen LogP contribution in [0.3, 0.4) is 0 Å². The van der Waals surface area contributed by atoms with E-state index in [0.717, 1.165) is 11.1 Å². The Bertz CT molecular complexity index is 1170. The molecule has 1 heterocycles. The second-order valence-electron chi connectivity index (χ2n) is 8.86. The first-order valence-electron chi connectivity index (χ1n) is 12.6. The van der Waals surface area contributed by atoms with Gasteiger partial charge in [-0.1, -0.05) is 59.8 Å². The summed E-state index contributed by atoms with van der Waals surface area (Å²) in [5, 5.41) is 17.1. The topological polar surface area (TPSA) is 173 Å². The number of carbonyl (C=O) groups is 4. The summed E-state index contributed by atoms with van der Waals surface area (Å²) in [7, 11) is 0. The van der Waals surface area contributed by atoms with Crippen molar-refractivity contribution in [2.75, 3.05) is 19.8 Å². The molecular weight excluding hydrogens is 506 g/mol. The van der Waals surface area contributed by atoms with Gasteiger partial charge in [-0.15, -0.1) is 0 Å². The lowest BCUT2D eigenvalue weighted by Crippen LogP contribution is -2.54. The Kier molecular flexibility index (Phi) is 10.7. The fourth-order valence-electron chi connectivity index (χ4n) is 4.22. The molecule has 1 aliphatic heterocycles. The highest BCUT2D eigenvalue weighted by Gasteiger charge is 2.37. The summed E-state index contributed by atoms with van der Waals surface area (Å²) in [6, 6.07) is 14.2. The van der Waals surface area contributed by atoms with E-state index < -0.39 is 36.7 Å². The van der Waals surface area contributed by atoms with Gasteiger partial charge in [0.2, 0.25) is 11.8 Å². The molecule has 0 spiro atoms. The first-order chi connectivity index (χ1) is 18.8. The molecule has 1 aliphatic rings. The fraction of sp³-hybridized carbons (Fsp3) is 0.370. The maximum Gasteiger partial charge on any atom is 0.408 e. The van der Waals surface area contributed by atoms with Crippen LogP contribution in [0.1, 0.15) is 36.5 Å². The van der Waals surface area contributed by atoms with E-state index in [-0.39, 0.29) is 31.3 Å². The van der Waals surface area contributed by atoms with Crippen molar-refractivity contribution in [2.24, 2.45) is 10.9 Å². The summed E-state index contributed by atoms with van der Waals surface area (Å²) in [6.45, 7) is 1.78. The Morgan fingerprint density at radius 1 is 1.08 bits per heavy atom. The minimum absolute atomic E-state index is 0.0193. The number of hydrogen-bond acceptors (Lipinski definition) is 8. The maximum absolute atomic E-state index is 13.6. The number of likely N-dealkylation sites (tertiary alicyclic amines) is 1. The molecule has 0 aliphatic carbocycles.